The topological polar surface area (TPSA) is 86.0 Å². The zero-order chi connectivity index (χ0) is 17.0. The summed E-state index contributed by atoms with van der Waals surface area (Å²) >= 11 is 0. The summed E-state index contributed by atoms with van der Waals surface area (Å²) in [5.41, 5.74) is 0. The van der Waals surface area contributed by atoms with E-state index < -0.39 is 5.97 Å². The molecule has 128 valence electrons. The Morgan fingerprint density at radius 3 is 2.70 bits per heavy atom. The molecule has 0 spiro atoms. The SMILES string of the molecule is CCN(CC(=O)O)C1CC(NC(=O)N(C)C(C)c2ccco2)C1. The maximum atomic E-state index is 12.3. The van der Waals surface area contributed by atoms with Gasteiger partial charge in [-0.1, -0.05) is 6.92 Å². The van der Waals surface area contributed by atoms with Crippen LogP contribution in [-0.2, 0) is 4.79 Å². The van der Waals surface area contributed by atoms with Crippen LogP contribution in [-0.4, -0.2) is 59.1 Å². The van der Waals surface area contributed by atoms with Crippen LogP contribution in [0.5, 0.6) is 0 Å². The van der Waals surface area contributed by atoms with E-state index in [-0.39, 0.29) is 30.7 Å². The minimum Gasteiger partial charge on any atom is -0.480 e. The average molecular weight is 323 g/mol. The average Bonchev–Trinajstić information content (AvgIpc) is 3.00. The van der Waals surface area contributed by atoms with E-state index in [9.17, 15) is 9.59 Å². The summed E-state index contributed by atoms with van der Waals surface area (Å²) in [6.45, 7) is 4.62. The Morgan fingerprint density at radius 1 is 1.48 bits per heavy atom. The Balaban J connectivity index is 1.78. The van der Waals surface area contributed by atoms with Crippen molar-refractivity contribution >= 4 is 12.0 Å². The van der Waals surface area contributed by atoms with E-state index in [2.05, 4.69) is 5.32 Å². The minimum atomic E-state index is -0.814. The lowest BCUT2D eigenvalue weighted by atomic mass is 9.85. The summed E-state index contributed by atoms with van der Waals surface area (Å²) in [5.74, 6) is -0.0703. The van der Waals surface area contributed by atoms with Gasteiger partial charge in [0.1, 0.15) is 5.76 Å². The van der Waals surface area contributed by atoms with E-state index in [1.807, 2.05) is 24.8 Å². The molecule has 1 heterocycles. The number of nitrogens with zero attached hydrogens (tertiary/aromatic N) is 2. The summed E-state index contributed by atoms with van der Waals surface area (Å²) in [6.07, 6.45) is 3.17. The molecule has 0 aromatic carbocycles. The second-order valence-corrected chi connectivity index (χ2v) is 6.03. The van der Waals surface area contributed by atoms with Crippen LogP contribution >= 0.6 is 0 Å². The molecule has 2 rings (SSSR count). The lowest BCUT2D eigenvalue weighted by molar-refractivity contribution is -0.139. The van der Waals surface area contributed by atoms with Crippen LogP contribution < -0.4 is 5.32 Å². The number of rotatable bonds is 7. The largest absolute Gasteiger partial charge is 0.480 e. The number of carboxylic acids is 1. The first-order valence-electron chi connectivity index (χ1n) is 7.95. The summed E-state index contributed by atoms with van der Waals surface area (Å²) in [7, 11) is 1.74. The Labute approximate surface area is 136 Å². The molecule has 1 unspecified atom stereocenters. The summed E-state index contributed by atoms with van der Waals surface area (Å²) in [5, 5.41) is 11.9. The first kappa shape index (κ1) is 17.3. The first-order chi connectivity index (χ1) is 10.9. The van der Waals surface area contributed by atoms with Gasteiger partial charge in [0.05, 0.1) is 18.8 Å². The van der Waals surface area contributed by atoms with Gasteiger partial charge in [0.25, 0.3) is 0 Å². The van der Waals surface area contributed by atoms with Crippen molar-refractivity contribution in [3.63, 3.8) is 0 Å². The second-order valence-electron chi connectivity index (χ2n) is 6.03. The molecule has 2 N–H and O–H groups in total. The fourth-order valence-electron chi connectivity index (χ4n) is 2.85. The number of nitrogens with one attached hydrogen (secondary N) is 1. The predicted molar refractivity (Wildman–Crippen MR) is 85.1 cm³/mol. The number of carbonyl (C=O) groups excluding carboxylic acids is 1. The van der Waals surface area contributed by atoms with E-state index in [0.29, 0.717) is 6.54 Å². The molecule has 1 fully saturated rings. The van der Waals surface area contributed by atoms with Crippen molar-refractivity contribution in [1.82, 2.24) is 15.1 Å². The van der Waals surface area contributed by atoms with E-state index in [4.69, 9.17) is 9.52 Å². The normalized spacial score (nSPS) is 21.6. The van der Waals surface area contributed by atoms with Crippen LogP contribution in [0.3, 0.4) is 0 Å². The monoisotopic (exact) mass is 323 g/mol. The Bertz CT molecular complexity index is 525. The Morgan fingerprint density at radius 2 is 2.17 bits per heavy atom. The Hall–Kier alpha value is -2.02. The van der Waals surface area contributed by atoms with Crippen molar-refractivity contribution in [1.29, 1.82) is 0 Å². The summed E-state index contributed by atoms with van der Waals surface area (Å²) in [4.78, 5) is 26.6. The predicted octanol–water partition coefficient (Wildman–Crippen LogP) is 1.92. The molecule has 0 aliphatic heterocycles. The van der Waals surface area contributed by atoms with Gasteiger partial charge < -0.3 is 19.7 Å². The molecule has 0 bridgehead atoms. The molecule has 1 aliphatic rings. The van der Waals surface area contributed by atoms with Gasteiger partial charge in [0.2, 0.25) is 0 Å². The van der Waals surface area contributed by atoms with Gasteiger partial charge in [-0.2, -0.15) is 0 Å². The van der Waals surface area contributed by atoms with Crippen molar-refractivity contribution in [3.05, 3.63) is 24.2 Å². The van der Waals surface area contributed by atoms with Gasteiger partial charge in [-0.05, 0) is 38.4 Å². The fourth-order valence-corrected chi connectivity index (χ4v) is 2.85. The van der Waals surface area contributed by atoms with E-state index in [1.54, 1.807) is 24.3 Å². The molecule has 1 aliphatic carbocycles. The van der Waals surface area contributed by atoms with Gasteiger partial charge >= 0.3 is 12.0 Å². The van der Waals surface area contributed by atoms with Crippen molar-refractivity contribution in [2.24, 2.45) is 0 Å². The number of carboxylic acid groups (broad SMARTS) is 1. The highest BCUT2D eigenvalue weighted by molar-refractivity contribution is 5.74. The molecule has 0 radical (unpaired) electrons. The number of carbonyl (C=O) groups is 2. The van der Waals surface area contributed by atoms with E-state index in [0.717, 1.165) is 18.6 Å². The van der Waals surface area contributed by atoms with E-state index >= 15 is 0 Å². The molecule has 1 aromatic heterocycles. The maximum absolute atomic E-state index is 12.3. The first-order valence-corrected chi connectivity index (χ1v) is 7.95. The molecule has 7 nitrogen and oxygen atoms in total. The van der Waals surface area contributed by atoms with Crippen LogP contribution in [0, 0.1) is 0 Å². The Kier molecular flexibility index (Phi) is 5.65. The van der Waals surface area contributed by atoms with Crippen molar-refractivity contribution in [2.45, 2.75) is 44.8 Å². The molecule has 1 atom stereocenters. The number of amides is 2. The molecule has 2 amide bonds. The van der Waals surface area contributed by atoms with Crippen LogP contribution in [0.2, 0.25) is 0 Å². The molecule has 1 aromatic rings. The van der Waals surface area contributed by atoms with Crippen LogP contribution in [0.25, 0.3) is 0 Å². The molecule has 23 heavy (non-hydrogen) atoms. The van der Waals surface area contributed by atoms with Gasteiger partial charge in [0, 0.05) is 19.1 Å². The highest BCUT2D eigenvalue weighted by atomic mass is 16.4. The third-order valence-electron chi connectivity index (χ3n) is 4.56. The van der Waals surface area contributed by atoms with Crippen molar-refractivity contribution in [2.75, 3.05) is 20.1 Å². The standard InChI is InChI=1S/C16H25N3O4/c1-4-19(10-15(20)21)13-8-12(9-13)17-16(22)18(3)11(2)14-6-5-7-23-14/h5-7,11-13H,4,8-10H2,1-3H3,(H,17,22)(H,20,21). The zero-order valence-electron chi connectivity index (χ0n) is 13.9. The second kappa shape index (κ2) is 7.50. The molecular formula is C16H25N3O4. The highest BCUT2D eigenvalue weighted by Crippen LogP contribution is 2.26. The van der Waals surface area contributed by atoms with Gasteiger partial charge in [-0.3, -0.25) is 9.69 Å². The van der Waals surface area contributed by atoms with Crippen LogP contribution in [0.15, 0.2) is 22.8 Å². The van der Waals surface area contributed by atoms with Gasteiger partial charge in [0.15, 0.2) is 0 Å². The third kappa shape index (κ3) is 4.25. The fraction of sp³-hybridized carbons (Fsp3) is 0.625. The van der Waals surface area contributed by atoms with Crippen LogP contribution in [0.1, 0.15) is 38.5 Å². The lowest BCUT2D eigenvalue weighted by Crippen LogP contribution is -2.56. The third-order valence-corrected chi connectivity index (χ3v) is 4.56. The van der Waals surface area contributed by atoms with Crippen molar-refractivity contribution < 1.29 is 19.1 Å². The number of aliphatic carboxylic acids is 1. The molecule has 0 saturated heterocycles. The number of urea groups is 1. The van der Waals surface area contributed by atoms with Crippen molar-refractivity contribution in [3.8, 4) is 0 Å². The van der Waals surface area contributed by atoms with Gasteiger partial charge in [-0.15, -0.1) is 0 Å². The minimum absolute atomic E-state index is 0.0528. The smallest absolute Gasteiger partial charge is 0.317 e. The number of likely N-dealkylation sites (N-methyl/N-ethyl adjacent to an activating group) is 1. The zero-order valence-corrected chi connectivity index (χ0v) is 13.9. The van der Waals surface area contributed by atoms with Crippen LogP contribution in [0.4, 0.5) is 4.79 Å². The quantitative estimate of drug-likeness (QED) is 0.800. The van der Waals surface area contributed by atoms with E-state index in [1.165, 1.54) is 0 Å². The summed E-state index contributed by atoms with van der Waals surface area (Å²) in [6, 6.07) is 3.70. The maximum Gasteiger partial charge on any atom is 0.317 e. The number of hydrogen-bond donors (Lipinski definition) is 2. The molecule has 7 heteroatoms. The van der Waals surface area contributed by atoms with Gasteiger partial charge in [-0.25, -0.2) is 4.79 Å². The summed E-state index contributed by atoms with van der Waals surface area (Å²) < 4.78 is 5.33. The highest BCUT2D eigenvalue weighted by Gasteiger charge is 2.35. The molecular weight excluding hydrogens is 298 g/mol. The molecule has 1 saturated carbocycles. The lowest BCUT2D eigenvalue weighted by Gasteiger charge is -2.42. The number of hydrogen-bond acceptors (Lipinski definition) is 4. The number of furan rings is 1.